The molecule has 90 valence electrons. The Labute approximate surface area is 107 Å². The summed E-state index contributed by atoms with van der Waals surface area (Å²) in [7, 11) is 0. The lowest BCUT2D eigenvalue weighted by Crippen LogP contribution is -2.48. The zero-order valence-electron chi connectivity index (χ0n) is 9.40. The fraction of sp³-hybridized carbons (Fsp3) is 0.455. The van der Waals surface area contributed by atoms with Gasteiger partial charge in [-0.25, -0.2) is 4.98 Å². The first-order valence-electron chi connectivity index (χ1n) is 5.59. The number of nitrogens with zero attached hydrogens (tertiary/aromatic N) is 1. The summed E-state index contributed by atoms with van der Waals surface area (Å²) < 4.78 is 1.17. The number of hydrogen-bond acceptors (Lipinski definition) is 5. The summed E-state index contributed by atoms with van der Waals surface area (Å²) in [6, 6.07) is 1.98. The van der Waals surface area contributed by atoms with E-state index in [4.69, 9.17) is 0 Å². The topological polar surface area (TPSA) is 54.0 Å². The molecule has 3 heterocycles. The molecule has 3 rings (SSSR count). The molecule has 1 aliphatic heterocycles. The molecular formula is C11H13N3OS2. The first-order chi connectivity index (χ1) is 8.24. The highest BCUT2D eigenvalue weighted by atomic mass is 32.2. The van der Waals surface area contributed by atoms with E-state index in [0.717, 1.165) is 23.7 Å². The maximum Gasteiger partial charge on any atom is 0.229 e. The van der Waals surface area contributed by atoms with Gasteiger partial charge in [0.25, 0.3) is 0 Å². The largest absolute Gasteiger partial charge is 0.316 e. The summed E-state index contributed by atoms with van der Waals surface area (Å²) in [6.45, 7) is 3.87. The van der Waals surface area contributed by atoms with Crippen molar-refractivity contribution >= 4 is 43.2 Å². The number of carbonyl (C=O) groups excluding carboxylic acids is 1. The van der Waals surface area contributed by atoms with Crippen LogP contribution < -0.4 is 10.6 Å². The number of amides is 1. The molecule has 1 aliphatic rings. The molecule has 0 bridgehead atoms. The molecule has 4 nitrogen and oxygen atoms in total. The zero-order valence-corrected chi connectivity index (χ0v) is 11.0. The molecule has 0 aliphatic carbocycles. The molecule has 1 amide bonds. The van der Waals surface area contributed by atoms with Crippen LogP contribution in [0.2, 0.25) is 0 Å². The number of nitrogens with one attached hydrogen (secondary N) is 2. The van der Waals surface area contributed by atoms with E-state index in [-0.39, 0.29) is 11.8 Å². The zero-order chi connectivity index (χ0) is 11.8. The van der Waals surface area contributed by atoms with Crippen LogP contribution in [-0.2, 0) is 4.79 Å². The lowest BCUT2D eigenvalue weighted by Gasteiger charge is -2.31. The maximum absolute atomic E-state index is 12.0. The van der Waals surface area contributed by atoms with Gasteiger partial charge in [-0.05, 0) is 30.5 Å². The average molecular weight is 267 g/mol. The minimum Gasteiger partial charge on any atom is -0.316 e. The average Bonchev–Trinajstić information content (AvgIpc) is 2.74. The Bertz CT molecular complexity index is 515. The van der Waals surface area contributed by atoms with Gasteiger partial charge in [0.1, 0.15) is 4.01 Å². The van der Waals surface area contributed by atoms with Crippen LogP contribution >= 0.6 is 22.7 Å². The second-order valence-corrected chi connectivity index (χ2v) is 6.48. The Morgan fingerprint density at radius 1 is 1.65 bits per heavy atom. The van der Waals surface area contributed by atoms with E-state index in [1.165, 1.54) is 4.01 Å². The first kappa shape index (κ1) is 11.1. The molecule has 1 fully saturated rings. The molecule has 17 heavy (non-hydrogen) atoms. The summed E-state index contributed by atoms with van der Waals surface area (Å²) in [5, 5.41) is 8.84. The molecule has 0 radical (unpaired) electrons. The van der Waals surface area contributed by atoms with Crippen molar-refractivity contribution in [2.24, 2.45) is 11.8 Å². The highest BCUT2D eigenvalue weighted by Gasteiger charge is 2.29. The highest BCUT2D eigenvalue weighted by Crippen LogP contribution is 2.30. The van der Waals surface area contributed by atoms with Crippen LogP contribution in [0, 0.1) is 11.8 Å². The fourth-order valence-corrected chi connectivity index (χ4v) is 3.66. The smallest absolute Gasteiger partial charge is 0.229 e. The van der Waals surface area contributed by atoms with Gasteiger partial charge >= 0.3 is 0 Å². The minimum atomic E-state index is 0.0539. The van der Waals surface area contributed by atoms with Crippen molar-refractivity contribution < 1.29 is 4.79 Å². The van der Waals surface area contributed by atoms with Crippen LogP contribution in [0.3, 0.4) is 0 Å². The van der Waals surface area contributed by atoms with Crippen molar-refractivity contribution in [3.63, 3.8) is 0 Å². The summed E-state index contributed by atoms with van der Waals surface area (Å²) >= 11 is 3.21. The van der Waals surface area contributed by atoms with Crippen LogP contribution in [0.5, 0.6) is 0 Å². The number of fused-ring (bicyclic) bond motifs is 1. The Balaban J connectivity index is 1.69. The van der Waals surface area contributed by atoms with Gasteiger partial charge in [-0.1, -0.05) is 18.3 Å². The van der Waals surface area contributed by atoms with E-state index in [0.29, 0.717) is 5.92 Å². The summed E-state index contributed by atoms with van der Waals surface area (Å²) in [4.78, 5) is 16.4. The molecule has 1 unspecified atom stereocenters. The van der Waals surface area contributed by atoms with E-state index < -0.39 is 0 Å². The molecule has 0 spiro atoms. The molecule has 2 aromatic rings. The van der Waals surface area contributed by atoms with Crippen LogP contribution in [0.4, 0.5) is 5.13 Å². The quantitative estimate of drug-likeness (QED) is 0.896. The van der Waals surface area contributed by atoms with E-state index in [1.807, 2.05) is 18.4 Å². The van der Waals surface area contributed by atoms with E-state index in [1.54, 1.807) is 22.7 Å². The monoisotopic (exact) mass is 267 g/mol. The van der Waals surface area contributed by atoms with Gasteiger partial charge in [-0.2, -0.15) is 0 Å². The van der Waals surface area contributed by atoms with Gasteiger partial charge in [0.15, 0.2) is 5.13 Å². The van der Waals surface area contributed by atoms with Gasteiger partial charge in [-0.3, -0.25) is 4.79 Å². The number of thiophene rings is 1. The lowest BCUT2D eigenvalue weighted by atomic mass is 9.88. The molecule has 1 saturated heterocycles. The van der Waals surface area contributed by atoms with Crippen molar-refractivity contribution in [3.8, 4) is 0 Å². The number of anilines is 1. The molecule has 0 aromatic carbocycles. The third-order valence-electron chi connectivity index (χ3n) is 3.19. The summed E-state index contributed by atoms with van der Waals surface area (Å²) in [5.41, 5.74) is 0.980. The molecule has 6 heteroatoms. The number of aromatic nitrogens is 1. The SMILES string of the molecule is CC(C(=O)Nc1nc2ccsc2s1)C1CNC1. The third kappa shape index (κ3) is 2.08. The van der Waals surface area contributed by atoms with Gasteiger partial charge in [-0.15, -0.1) is 11.3 Å². The van der Waals surface area contributed by atoms with Crippen LogP contribution in [0.15, 0.2) is 11.4 Å². The van der Waals surface area contributed by atoms with E-state index in [2.05, 4.69) is 15.6 Å². The van der Waals surface area contributed by atoms with Crippen LogP contribution in [0.25, 0.3) is 9.53 Å². The molecule has 1 atom stereocenters. The predicted molar refractivity (Wildman–Crippen MR) is 71.7 cm³/mol. The maximum atomic E-state index is 12.0. The van der Waals surface area contributed by atoms with Crippen molar-refractivity contribution in [2.75, 3.05) is 18.4 Å². The minimum absolute atomic E-state index is 0.0539. The van der Waals surface area contributed by atoms with Crippen molar-refractivity contribution in [1.29, 1.82) is 0 Å². The third-order valence-corrected chi connectivity index (χ3v) is 5.20. The molecule has 2 N–H and O–H groups in total. The van der Waals surface area contributed by atoms with Crippen LogP contribution in [-0.4, -0.2) is 24.0 Å². The van der Waals surface area contributed by atoms with Crippen LogP contribution in [0.1, 0.15) is 6.92 Å². The Morgan fingerprint density at radius 2 is 2.47 bits per heavy atom. The van der Waals surface area contributed by atoms with Crippen molar-refractivity contribution in [3.05, 3.63) is 11.4 Å². The van der Waals surface area contributed by atoms with Gasteiger partial charge < -0.3 is 10.6 Å². The number of hydrogen-bond donors (Lipinski definition) is 2. The van der Waals surface area contributed by atoms with E-state index >= 15 is 0 Å². The predicted octanol–water partition coefficient (Wildman–Crippen LogP) is 2.15. The van der Waals surface area contributed by atoms with Crippen molar-refractivity contribution in [2.45, 2.75) is 6.92 Å². The fourth-order valence-electron chi connectivity index (χ4n) is 1.82. The summed E-state index contributed by atoms with van der Waals surface area (Å²) in [6.07, 6.45) is 0. The van der Waals surface area contributed by atoms with Gasteiger partial charge in [0.2, 0.25) is 5.91 Å². The number of rotatable bonds is 3. The van der Waals surface area contributed by atoms with Gasteiger partial charge in [0, 0.05) is 5.92 Å². The Kier molecular flexibility index (Phi) is 2.85. The molecular weight excluding hydrogens is 254 g/mol. The Morgan fingerprint density at radius 3 is 3.12 bits per heavy atom. The van der Waals surface area contributed by atoms with E-state index in [9.17, 15) is 4.79 Å². The first-order valence-corrected chi connectivity index (χ1v) is 7.29. The number of carbonyl (C=O) groups is 1. The number of thiazole rings is 1. The second-order valence-electron chi connectivity index (χ2n) is 4.31. The molecule has 0 saturated carbocycles. The van der Waals surface area contributed by atoms with Crippen molar-refractivity contribution in [1.82, 2.24) is 10.3 Å². The van der Waals surface area contributed by atoms with Gasteiger partial charge in [0.05, 0.1) is 5.52 Å². The highest BCUT2D eigenvalue weighted by molar-refractivity contribution is 7.39. The normalized spacial score (nSPS) is 17.9. The standard InChI is InChI=1S/C11H13N3OS2/c1-6(7-4-12-5-7)9(15)14-11-13-8-2-3-16-10(8)17-11/h2-3,6-7,12H,4-5H2,1H3,(H,13,14,15). The summed E-state index contributed by atoms with van der Waals surface area (Å²) in [5.74, 6) is 0.604. The molecule has 2 aromatic heterocycles. The second kappa shape index (κ2) is 4.36. The Hall–Kier alpha value is -0.980. The lowest BCUT2D eigenvalue weighted by molar-refractivity contribution is -0.121.